The number of amides is 2. The Morgan fingerprint density at radius 3 is 2.34 bits per heavy atom. The molecule has 1 aliphatic rings. The Morgan fingerprint density at radius 2 is 1.72 bits per heavy atom. The zero-order chi connectivity index (χ0) is 20.2. The van der Waals surface area contributed by atoms with Gasteiger partial charge in [0.25, 0.3) is 5.91 Å². The Labute approximate surface area is 170 Å². The van der Waals surface area contributed by atoms with Gasteiger partial charge in [0.1, 0.15) is 5.82 Å². The molecule has 0 atom stereocenters. The van der Waals surface area contributed by atoms with Crippen molar-refractivity contribution < 1.29 is 9.59 Å². The highest BCUT2D eigenvalue weighted by molar-refractivity contribution is 5.97. The molecule has 1 heterocycles. The van der Waals surface area contributed by atoms with Gasteiger partial charge in [-0.2, -0.15) is 5.10 Å². The molecule has 4 rings (SSSR count). The number of benzene rings is 2. The summed E-state index contributed by atoms with van der Waals surface area (Å²) < 4.78 is 1.63. The molecule has 0 bridgehead atoms. The van der Waals surface area contributed by atoms with E-state index >= 15 is 0 Å². The average Bonchev–Trinajstić information content (AvgIpc) is 3.54. The van der Waals surface area contributed by atoms with Crippen LogP contribution in [0.5, 0.6) is 0 Å². The summed E-state index contributed by atoms with van der Waals surface area (Å²) in [5.74, 6) is 0.413. The topological polar surface area (TPSA) is 67.2 Å². The van der Waals surface area contributed by atoms with E-state index in [1.807, 2.05) is 67.6 Å². The van der Waals surface area contributed by atoms with Gasteiger partial charge < -0.3 is 10.2 Å². The summed E-state index contributed by atoms with van der Waals surface area (Å²) in [7, 11) is 0. The minimum Gasteiger partial charge on any atom is -0.333 e. The Bertz CT molecular complexity index is 994. The van der Waals surface area contributed by atoms with Crippen molar-refractivity contribution in [2.24, 2.45) is 5.92 Å². The number of anilines is 1. The largest absolute Gasteiger partial charge is 0.333 e. The van der Waals surface area contributed by atoms with E-state index < -0.39 is 0 Å². The molecule has 0 aliphatic heterocycles. The molecule has 1 saturated carbocycles. The van der Waals surface area contributed by atoms with Crippen molar-refractivity contribution in [1.29, 1.82) is 0 Å². The minimum atomic E-state index is -0.159. The van der Waals surface area contributed by atoms with E-state index in [0.29, 0.717) is 24.6 Å². The summed E-state index contributed by atoms with van der Waals surface area (Å²) in [5, 5.41) is 7.48. The normalized spacial score (nSPS) is 13.1. The second-order valence-electron chi connectivity index (χ2n) is 7.23. The predicted molar refractivity (Wildman–Crippen MR) is 112 cm³/mol. The number of rotatable bonds is 7. The van der Waals surface area contributed by atoms with Crippen molar-refractivity contribution in [3.8, 4) is 5.69 Å². The molecule has 3 aromatic rings. The number of nitrogens with one attached hydrogen (secondary N) is 1. The van der Waals surface area contributed by atoms with Crippen LogP contribution in [-0.4, -0.2) is 33.0 Å². The molecule has 1 aromatic heterocycles. The van der Waals surface area contributed by atoms with Crippen LogP contribution in [0.4, 0.5) is 5.82 Å². The highest BCUT2D eigenvalue weighted by Gasteiger charge is 2.31. The van der Waals surface area contributed by atoms with Crippen molar-refractivity contribution in [3.05, 3.63) is 78.0 Å². The first-order chi connectivity index (χ1) is 14.2. The Balaban J connectivity index is 1.62. The van der Waals surface area contributed by atoms with Crippen molar-refractivity contribution in [1.82, 2.24) is 14.7 Å². The molecule has 1 N–H and O–H groups in total. The van der Waals surface area contributed by atoms with Crippen LogP contribution in [0.15, 0.2) is 66.7 Å². The van der Waals surface area contributed by atoms with Crippen molar-refractivity contribution in [3.63, 3.8) is 0 Å². The van der Waals surface area contributed by atoms with Gasteiger partial charge in [-0.05, 0) is 37.5 Å². The zero-order valence-corrected chi connectivity index (χ0v) is 16.4. The van der Waals surface area contributed by atoms with Gasteiger partial charge in [-0.25, -0.2) is 4.68 Å². The highest BCUT2D eigenvalue weighted by atomic mass is 16.2. The van der Waals surface area contributed by atoms with Crippen LogP contribution < -0.4 is 5.32 Å². The fraction of sp³-hybridized carbons (Fsp3) is 0.261. The molecule has 2 amide bonds. The first kappa shape index (κ1) is 18.9. The molecule has 29 heavy (non-hydrogen) atoms. The van der Waals surface area contributed by atoms with Crippen LogP contribution in [0.1, 0.15) is 35.8 Å². The van der Waals surface area contributed by atoms with Gasteiger partial charge in [-0.1, -0.05) is 48.5 Å². The quantitative estimate of drug-likeness (QED) is 0.668. The van der Waals surface area contributed by atoms with Gasteiger partial charge >= 0.3 is 0 Å². The summed E-state index contributed by atoms with van der Waals surface area (Å²) >= 11 is 0. The Hall–Kier alpha value is -3.41. The molecular formula is C23H24N4O2. The molecule has 6 nitrogen and oxygen atoms in total. The Kier molecular flexibility index (Phi) is 5.42. The summed E-state index contributed by atoms with van der Waals surface area (Å²) in [6.45, 7) is 3.03. The lowest BCUT2D eigenvalue weighted by atomic mass is 10.2. The van der Waals surface area contributed by atoms with E-state index in [1.165, 1.54) is 0 Å². The van der Waals surface area contributed by atoms with E-state index in [2.05, 4.69) is 10.4 Å². The fourth-order valence-corrected chi connectivity index (χ4v) is 3.21. The van der Waals surface area contributed by atoms with Crippen molar-refractivity contribution >= 4 is 17.6 Å². The molecule has 0 radical (unpaired) electrons. The van der Waals surface area contributed by atoms with Gasteiger partial charge in [0, 0.05) is 25.1 Å². The number of hydrogen-bond acceptors (Lipinski definition) is 3. The van der Waals surface area contributed by atoms with Gasteiger partial charge in [-0.3, -0.25) is 9.59 Å². The standard InChI is InChI=1S/C23H24N4O2/c1-2-26(16-17-9-5-3-6-10-17)23(29)20-15-21(24-22(28)18-13-14-18)27(25-20)19-11-7-4-8-12-19/h3-12,15,18H,2,13-14,16H2,1H3,(H,24,28). The SMILES string of the molecule is CCN(Cc1ccccc1)C(=O)c1cc(NC(=O)C2CC2)n(-c2ccccc2)n1. The van der Waals surface area contributed by atoms with E-state index in [0.717, 1.165) is 24.1 Å². The van der Waals surface area contributed by atoms with E-state index in [1.54, 1.807) is 15.6 Å². The Morgan fingerprint density at radius 1 is 1.07 bits per heavy atom. The number of carbonyl (C=O) groups excluding carboxylic acids is 2. The van der Waals surface area contributed by atoms with Gasteiger partial charge in [0.05, 0.1) is 5.69 Å². The first-order valence-corrected chi connectivity index (χ1v) is 9.95. The monoisotopic (exact) mass is 388 g/mol. The first-order valence-electron chi connectivity index (χ1n) is 9.95. The number of aromatic nitrogens is 2. The summed E-state index contributed by atoms with van der Waals surface area (Å²) in [4.78, 5) is 27.2. The summed E-state index contributed by atoms with van der Waals surface area (Å²) in [5.41, 5.74) is 2.17. The predicted octanol–water partition coefficient (Wildman–Crippen LogP) is 3.88. The number of carbonyl (C=O) groups is 2. The second kappa shape index (κ2) is 8.31. The highest BCUT2D eigenvalue weighted by Crippen LogP contribution is 2.30. The van der Waals surface area contributed by atoms with Crippen molar-refractivity contribution in [2.45, 2.75) is 26.3 Å². The molecule has 148 valence electrons. The van der Waals surface area contributed by atoms with Crippen LogP contribution in [0, 0.1) is 5.92 Å². The maximum absolute atomic E-state index is 13.1. The van der Waals surface area contributed by atoms with E-state index in [-0.39, 0.29) is 17.7 Å². The zero-order valence-electron chi connectivity index (χ0n) is 16.4. The van der Waals surface area contributed by atoms with Crippen molar-refractivity contribution in [2.75, 3.05) is 11.9 Å². The van der Waals surface area contributed by atoms with Crippen LogP contribution >= 0.6 is 0 Å². The molecule has 0 saturated heterocycles. The van der Waals surface area contributed by atoms with Crippen LogP contribution in [0.25, 0.3) is 5.69 Å². The lowest BCUT2D eigenvalue weighted by Gasteiger charge is -2.19. The third-order valence-electron chi connectivity index (χ3n) is 5.01. The molecule has 6 heteroatoms. The molecule has 1 aliphatic carbocycles. The lowest BCUT2D eigenvalue weighted by Crippen LogP contribution is -2.30. The average molecular weight is 388 g/mol. The number of para-hydroxylation sites is 1. The summed E-state index contributed by atoms with van der Waals surface area (Å²) in [6, 6.07) is 21.1. The third-order valence-corrected chi connectivity index (χ3v) is 5.01. The maximum Gasteiger partial charge on any atom is 0.274 e. The molecular weight excluding hydrogens is 364 g/mol. The van der Waals surface area contributed by atoms with Gasteiger partial charge in [-0.15, -0.1) is 0 Å². The van der Waals surface area contributed by atoms with Gasteiger partial charge in [0.15, 0.2) is 5.69 Å². The molecule has 0 spiro atoms. The molecule has 2 aromatic carbocycles. The lowest BCUT2D eigenvalue weighted by molar-refractivity contribution is -0.117. The van der Waals surface area contributed by atoms with Crippen LogP contribution in [0.3, 0.4) is 0 Å². The summed E-state index contributed by atoms with van der Waals surface area (Å²) in [6.07, 6.45) is 1.83. The molecule has 0 unspecified atom stereocenters. The number of nitrogens with zero attached hydrogens (tertiary/aromatic N) is 3. The third kappa shape index (κ3) is 4.37. The van der Waals surface area contributed by atoms with E-state index in [9.17, 15) is 9.59 Å². The number of hydrogen-bond donors (Lipinski definition) is 1. The van der Waals surface area contributed by atoms with Gasteiger partial charge in [0.2, 0.25) is 5.91 Å². The fourth-order valence-electron chi connectivity index (χ4n) is 3.21. The maximum atomic E-state index is 13.1. The van der Waals surface area contributed by atoms with E-state index in [4.69, 9.17) is 0 Å². The van der Waals surface area contributed by atoms with Crippen LogP contribution in [0.2, 0.25) is 0 Å². The minimum absolute atomic E-state index is 0.0160. The second-order valence-corrected chi connectivity index (χ2v) is 7.23. The van der Waals surface area contributed by atoms with Crippen LogP contribution in [-0.2, 0) is 11.3 Å². The molecule has 1 fully saturated rings. The smallest absolute Gasteiger partial charge is 0.274 e.